The van der Waals surface area contributed by atoms with Crippen molar-refractivity contribution in [3.05, 3.63) is 87.4 Å². The van der Waals surface area contributed by atoms with Crippen molar-refractivity contribution in [2.45, 2.75) is 19.9 Å². The Bertz CT molecular complexity index is 1060. The summed E-state index contributed by atoms with van der Waals surface area (Å²) in [7, 11) is 0. The number of rotatable bonds is 5. The van der Waals surface area contributed by atoms with E-state index in [2.05, 4.69) is 23.1 Å². The zero-order valence-electron chi connectivity index (χ0n) is 16.1. The van der Waals surface area contributed by atoms with E-state index in [-0.39, 0.29) is 5.97 Å². The first kappa shape index (κ1) is 19.8. The van der Waals surface area contributed by atoms with Crippen LogP contribution in [0.1, 0.15) is 28.4 Å². The van der Waals surface area contributed by atoms with Crippen molar-refractivity contribution in [1.82, 2.24) is 0 Å². The number of anilines is 1. The molecule has 3 aromatic rings. The Morgan fingerprint density at radius 1 is 1.03 bits per heavy atom. The first-order valence-electron chi connectivity index (χ1n) is 9.65. The smallest absolute Gasteiger partial charge is 0.338 e. The number of esters is 1. The van der Waals surface area contributed by atoms with Crippen molar-refractivity contribution in [2.24, 2.45) is 0 Å². The second kappa shape index (κ2) is 8.48. The summed E-state index contributed by atoms with van der Waals surface area (Å²) in [4.78, 5) is 14.4. The van der Waals surface area contributed by atoms with Gasteiger partial charge in [-0.1, -0.05) is 59.6 Å². The summed E-state index contributed by atoms with van der Waals surface area (Å²) in [5.74, 6) is -0.298. The Balaban J connectivity index is 1.63. The molecule has 0 amide bonds. The topological polar surface area (TPSA) is 29.5 Å². The number of halogens is 2. The molecule has 0 saturated heterocycles. The summed E-state index contributed by atoms with van der Waals surface area (Å²) >= 11 is 12.6. The zero-order valence-corrected chi connectivity index (χ0v) is 17.6. The number of hydrogen-bond acceptors (Lipinski definition) is 3. The van der Waals surface area contributed by atoms with Crippen molar-refractivity contribution in [3.63, 3.8) is 0 Å². The Morgan fingerprint density at radius 2 is 1.83 bits per heavy atom. The van der Waals surface area contributed by atoms with Gasteiger partial charge in [0, 0.05) is 18.8 Å². The standard InChI is InChI=1S/C24H21Cl2NO2/c1-2-29-24(28)19-6-3-5-17(13-19)18-10-9-16-11-12-27(22(16)14-18)15-20-7-4-8-21(25)23(20)26/h3-10,13-14H,2,11-12,15H2,1H3. The van der Waals surface area contributed by atoms with Crippen LogP contribution in [0.5, 0.6) is 0 Å². The van der Waals surface area contributed by atoms with E-state index >= 15 is 0 Å². The normalized spacial score (nSPS) is 12.7. The molecule has 0 aliphatic carbocycles. The third-order valence-corrected chi connectivity index (χ3v) is 6.03. The zero-order chi connectivity index (χ0) is 20.4. The van der Waals surface area contributed by atoms with Gasteiger partial charge in [-0.2, -0.15) is 0 Å². The molecule has 0 radical (unpaired) electrons. The molecular formula is C24H21Cl2NO2. The second-order valence-corrected chi connectivity index (χ2v) is 7.81. The van der Waals surface area contributed by atoms with Crippen molar-refractivity contribution in [3.8, 4) is 11.1 Å². The van der Waals surface area contributed by atoms with Gasteiger partial charge in [0.2, 0.25) is 0 Å². The summed E-state index contributed by atoms with van der Waals surface area (Å²) in [6.07, 6.45) is 0.997. The van der Waals surface area contributed by atoms with Crippen LogP contribution < -0.4 is 4.90 Å². The summed E-state index contributed by atoms with van der Waals surface area (Å²) in [6, 6.07) is 19.8. The molecular weight excluding hydrogens is 405 g/mol. The predicted octanol–water partition coefficient (Wildman–Crippen LogP) is 6.40. The van der Waals surface area contributed by atoms with Gasteiger partial charge < -0.3 is 9.64 Å². The van der Waals surface area contributed by atoms with Crippen molar-refractivity contribution < 1.29 is 9.53 Å². The van der Waals surface area contributed by atoms with E-state index < -0.39 is 0 Å². The van der Waals surface area contributed by atoms with Gasteiger partial charge in [-0.05, 0) is 59.9 Å². The maximum Gasteiger partial charge on any atom is 0.338 e. The maximum atomic E-state index is 12.1. The third kappa shape index (κ3) is 4.12. The minimum absolute atomic E-state index is 0.298. The Labute approximate surface area is 180 Å². The lowest BCUT2D eigenvalue weighted by atomic mass is 10.0. The average molecular weight is 426 g/mol. The Kier molecular flexibility index (Phi) is 5.79. The van der Waals surface area contributed by atoms with E-state index in [4.69, 9.17) is 27.9 Å². The number of carbonyl (C=O) groups excluding carboxylic acids is 1. The van der Waals surface area contributed by atoms with E-state index in [0.717, 1.165) is 29.7 Å². The summed E-state index contributed by atoms with van der Waals surface area (Å²) in [5, 5.41) is 1.19. The first-order chi connectivity index (χ1) is 14.1. The van der Waals surface area contributed by atoms with Crippen molar-refractivity contribution >= 4 is 34.9 Å². The lowest BCUT2D eigenvalue weighted by molar-refractivity contribution is 0.0526. The summed E-state index contributed by atoms with van der Waals surface area (Å²) in [5.41, 5.74) is 6.15. The van der Waals surface area contributed by atoms with Crippen LogP contribution in [0, 0.1) is 0 Å². The van der Waals surface area contributed by atoms with Crippen LogP contribution in [-0.2, 0) is 17.7 Å². The highest BCUT2D eigenvalue weighted by atomic mass is 35.5. The van der Waals surface area contributed by atoms with E-state index in [1.807, 2.05) is 37.3 Å². The maximum absolute atomic E-state index is 12.1. The van der Waals surface area contributed by atoms with Crippen LogP contribution in [0.3, 0.4) is 0 Å². The van der Waals surface area contributed by atoms with E-state index in [1.54, 1.807) is 12.1 Å². The second-order valence-electron chi connectivity index (χ2n) is 7.03. The Morgan fingerprint density at radius 3 is 2.66 bits per heavy atom. The molecule has 148 valence electrons. The molecule has 0 N–H and O–H groups in total. The van der Waals surface area contributed by atoms with Gasteiger partial charge >= 0.3 is 5.97 Å². The van der Waals surface area contributed by atoms with Crippen LogP contribution >= 0.6 is 23.2 Å². The minimum atomic E-state index is -0.298. The molecule has 0 atom stereocenters. The fourth-order valence-electron chi connectivity index (χ4n) is 3.71. The molecule has 4 rings (SSSR count). The Hall–Kier alpha value is -2.49. The lowest BCUT2D eigenvalue weighted by Gasteiger charge is -2.21. The van der Waals surface area contributed by atoms with Crippen molar-refractivity contribution in [1.29, 1.82) is 0 Å². The highest BCUT2D eigenvalue weighted by Gasteiger charge is 2.21. The summed E-state index contributed by atoms with van der Waals surface area (Å²) < 4.78 is 5.13. The van der Waals surface area contributed by atoms with Gasteiger partial charge in [-0.25, -0.2) is 4.79 Å². The quantitative estimate of drug-likeness (QED) is 0.442. The molecule has 0 saturated carbocycles. The van der Waals surface area contributed by atoms with Crippen LogP contribution in [0.2, 0.25) is 10.0 Å². The average Bonchev–Trinajstić information content (AvgIpc) is 3.14. The molecule has 0 unspecified atom stereocenters. The fraction of sp³-hybridized carbons (Fsp3) is 0.208. The van der Waals surface area contributed by atoms with Crippen LogP contribution in [0.15, 0.2) is 60.7 Å². The van der Waals surface area contributed by atoms with Crippen LogP contribution in [0.4, 0.5) is 5.69 Å². The van der Waals surface area contributed by atoms with Gasteiger partial charge in [0.15, 0.2) is 0 Å². The van der Waals surface area contributed by atoms with Crippen LogP contribution in [-0.4, -0.2) is 19.1 Å². The van der Waals surface area contributed by atoms with E-state index in [9.17, 15) is 4.79 Å². The minimum Gasteiger partial charge on any atom is -0.462 e. The highest BCUT2D eigenvalue weighted by molar-refractivity contribution is 6.42. The van der Waals surface area contributed by atoms with E-state index in [1.165, 1.54) is 11.3 Å². The molecule has 3 nitrogen and oxygen atoms in total. The first-order valence-corrected chi connectivity index (χ1v) is 10.4. The molecule has 3 aromatic carbocycles. The predicted molar refractivity (Wildman–Crippen MR) is 119 cm³/mol. The van der Waals surface area contributed by atoms with Gasteiger partial charge in [-0.15, -0.1) is 0 Å². The third-order valence-electron chi connectivity index (χ3n) is 5.18. The monoisotopic (exact) mass is 425 g/mol. The molecule has 0 fully saturated rings. The fourth-order valence-corrected chi connectivity index (χ4v) is 4.09. The SMILES string of the molecule is CCOC(=O)c1cccc(-c2ccc3c(c2)N(Cc2cccc(Cl)c2Cl)CC3)c1. The number of carbonyl (C=O) groups is 1. The molecule has 1 aliphatic rings. The number of ether oxygens (including phenoxy) is 1. The molecule has 0 spiro atoms. The van der Waals surface area contributed by atoms with Crippen molar-refractivity contribution in [2.75, 3.05) is 18.1 Å². The van der Waals surface area contributed by atoms with Crippen LogP contribution in [0.25, 0.3) is 11.1 Å². The molecule has 29 heavy (non-hydrogen) atoms. The molecule has 1 heterocycles. The molecule has 0 bridgehead atoms. The van der Waals surface area contributed by atoms with Gasteiger partial charge in [0.05, 0.1) is 22.2 Å². The highest BCUT2D eigenvalue weighted by Crippen LogP contribution is 2.35. The number of benzene rings is 3. The number of nitrogens with zero attached hydrogens (tertiary/aromatic N) is 1. The van der Waals surface area contributed by atoms with Gasteiger partial charge in [0.25, 0.3) is 0 Å². The van der Waals surface area contributed by atoms with E-state index in [0.29, 0.717) is 28.8 Å². The molecule has 0 aromatic heterocycles. The molecule has 5 heteroatoms. The number of hydrogen-bond donors (Lipinski definition) is 0. The largest absolute Gasteiger partial charge is 0.462 e. The summed E-state index contributed by atoms with van der Waals surface area (Å²) in [6.45, 7) is 3.81. The molecule has 1 aliphatic heterocycles. The lowest BCUT2D eigenvalue weighted by Crippen LogP contribution is -2.19. The number of fused-ring (bicyclic) bond motifs is 1. The van der Waals surface area contributed by atoms with Gasteiger partial charge in [0.1, 0.15) is 0 Å². The van der Waals surface area contributed by atoms with Gasteiger partial charge in [-0.3, -0.25) is 0 Å².